The van der Waals surface area contributed by atoms with Crippen molar-refractivity contribution in [2.45, 2.75) is 18.8 Å². The maximum absolute atomic E-state index is 12.4. The fraction of sp³-hybridized carbons (Fsp3) is 0.214. The zero-order chi connectivity index (χ0) is 24.6. The van der Waals surface area contributed by atoms with Crippen LogP contribution in [0.5, 0.6) is 0 Å². The lowest BCUT2D eigenvalue weighted by atomic mass is 9.88. The molecule has 7 heteroatoms. The number of ether oxygens (including phenoxy) is 1. The molecule has 0 bridgehead atoms. The van der Waals surface area contributed by atoms with Crippen molar-refractivity contribution in [3.8, 4) is 0 Å². The van der Waals surface area contributed by atoms with E-state index in [2.05, 4.69) is 34.7 Å². The van der Waals surface area contributed by atoms with Crippen molar-refractivity contribution in [2.24, 2.45) is 7.05 Å². The first-order valence-electron chi connectivity index (χ1n) is 11.5. The van der Waals surface area contributed by atoms with E-state index in [1.165, 1.54) is 22.9 Å². The normalized spacial score (nSPS) is 10.9. The van der Waals surface area contributed by atoms with Gasteiger partial charge in [0.25, 0.3) is 11.5 Å². The lowest BCUT2D eigenvalue weighted by Gasteiger charge is -2.18. The van der Waals surface area contributed by atoms with E-state index in [4.69, 9.17) is 4.74 Å². The molecule has 1 aromatic heterocycles. The third-order valence-corrected chi connectivity index (χ3v) is 5.87. The van der Waals surface area contributed by atoms with Crippen molar-refractivity contribution in [1.82, 2.24) is 15.1 Å². The minimum absolute atomic E-state index is 0.133. The predicted octanol–water partition coefficient (Wildman–Crippen LogP) is 3.36. The Morgan fingerprint density at radius 1 is 0.886 bits per heavy atom. The summed E-state index contributed by atoms with van der Waals surface area (Å²) in [7, 11) is 1.54. The van der Waals surface area contributed by atoms with Crippen molar-refractivity contribution in [2.75, 3.05) is 13.2 Å². The van der Waals surface area contributed by atoms with Crippen molar-refractivity contribution in [3.05, 3.63) is 112 Å². The molecule has 0 spiro atoms. The molecule has 178 valence electrons. The number of benzene rings is 3. The van der Waals surface area contributed by atoms with E-state index in [1.807, 2.05) is 36.4 Å². The average Bonchev–Trinajstić information content (AvgIpc) is 2.89. The smallest absolute Gasteiger partial charge is 0.312 e. The van der Waals surface area contributed by atoms with Gasteiger partial charge < -0.3 is 10.1 Å². The number of rotatable bonds is 9. The first-order valence-corrected chi connectivity index (χ1v) is 11.5. The summed E-state index contributed by atoms with van der Waals surface area (Å²) in [6.07, 6.45) is 0.577. The van der Waals surface area contributed by atoms with Crippen LogP contribution in [0.1, 0.15) is 29.2 Å². The highest BCUT2D eigenvalue weighted by Crippen LogP contribution is 2.27. The second-order valence-electron chi connectivity index (χ2n) is 8.27. The molecule has 0 aliphatic carbocycles. The summed E-state index contributed by atoms with van der Waals surface area (Å²) in [6.45, 7) is 0.0711. The Balaban J connectivity index is 1.31. The zero-order valence-electron chi connectivity index (χ0n) is 19.5. The molecule has 1 amide bonds. The highest BCUT2D eigenvalue weighted by atomic mass is 16.5. The van der Waals surface area contributed by atoms with E-state index in [0.29, 0.717) is 29.4 Å². The van der Waals surface area contributed by atoms with Crippen LogP contribution in [0.3, 0.4) is 0 Å². The topological polar surface area (TPSA) is 90.3 Å². The summed E-state index contributed by atoms with van der Waals surface area (Å²) in [4.78, 5) is 36.9. The quantitative estimate of drug-likeness (QED) is 0.380. The summed E-state index contributed by atoms with van der Waals surface area (Å²) < 4.78 is 6.38. The molecule has 35 heavy (non-hydrogen) atoms. The molecule has 1 N–H and O–H groups in total. The minimum Gasteiger partial charge on any atom is -0.455 e. The van der Waals surface area contributed by atoms with Gasteiger partial charge in [-0.1, -0.05) is 78.9 Å². The molecule has 7 nitrogen and oxygen atoms in total. The summed E-state index contributed by atoms with van der Waals surface area (Å²) in [5, 5.41) is 8.12. The van der Waals surface area contributed by atoms with E-state index < -0.39 is 5.97 Å². The van der Waals surface area contributed by atoms with Crippen LogP contribution in [0.25, 0.3) is 10.8 Å². The highest BCUT2D eigenvalue weighted by Gasteiger charge is 2.16. The standard InChI is InChI=1S/C28H27N3O4/c1-31-28(34)24-15-9-8-14-23(24)25(30-31)18-27(33)35-19-26(32)29-17-16-22(20-10-4-2-5-11-20)21-12-6-3-7-13-21/h2-15,22H,16-19H2,1H3,(H,29,32). The van der Waals surface area contributed by atoms with Crippen LogP contribution >= 0.6 is 0 Å². The number of hydrogen-bond donors (Lipinski definition) is 1. The summed E-state index contributed by atoms with van der Waals surface area (Å²) in [5.41, 5.74) is 2.55. The number of carbonyl (C=O) groups is 2. The molecule has 0 unspecified atom stereocenters. The van der Waals surface area contributed by atoms with Crippen LogP contribution in [0, 0.1) is 0 Å². The van der Waals surface area contributed by atoms with Crippen LogP contribution < -0.4 is 10.9 Å². The van der Waals surface area contributed by atoms with E-state index in [0.717, 1.165) is 0 Å². The molecule has 0 fully saturated rings. The van der Waals surface area contributed by atoms with Gasteiger partial charge in [0.1, 0.15) is 0 Å². The third kappa shape index (κ3) is 6.00. The van der Waals surface area contributed by atoms with E-state index in [9.17, 15) is 14.4 Å². The Labute approximate surface area is 203 Å². The molecule has 0 saturated carbocycles. The van der Waals surface area contributed by atoms with Gasteiger partial charge in [-0.05, 0) is 23.6 Å². The minimum atomic E-state index is -0.581. The average molecular weight is 470 g/mol. The van der Waals surface area contributed by atoms with Gasteiger partial charge in [0.2, 0.25) is 0 Å². The van der Waals surface area contributed by atoms with Crippen LogP contribution in [0.15, 0.2) is 89.7 Å². The van der Waals surface area contributed by atoms with Crippen molar-refractivity contribution < 1.29 is 14.3 Å². The molecule has 0 saturated heterocycles. The number of aromatic nitrogens is 2. The lowest BCUT2D eigenvalue weighted by Crippen LogP contribution is -2.31. The van der Waals surface area contributed by atoms with E-state index in [1.54, 1.807) is 24.3 Å². The van der Waals surface area contributed by atoms with Crippen LogP contribution in [0.4, 0.5) is 0 Å². The van der Waals surface area contributed by atoms with Gasteiger partial charge in [0.05, 0.1) is 17.5 Å². The van der Waals surface area contributed by atoms with Gasteiger partial charge in [-0.3, -0.25) is 14.4 Å². The predicted molar refractivity (Wildman–Crippen MR) is 134 cm³/mol. The largest absolute Gasteiger partial charge is 0.455 e. The number of aryl methyl sites for hydroxylation is 1. The summed E-state index contributed by atoms with van der Waals surface area (Å²) in [6, 6.07) is 27.3. The molecule has 0 radical (unpaired) electrons. The van der Waals surface area contributed by atoms with Crippen molar-refractivity contribution in [1.29, 1.82) is 0 Å². The molecular weight excluding hydrogens is 442 g/mol. The van der Waals surface area contributed by atoms with Crippen molar-refractivity contribution >= 4 is 22.6 Å². The number of nitrogens with zero attached hydrogens (tertiary/aromatic N) is 2. The van der Waals surface area contributed by atoms with Crippen molar-refractivity contribution in [3.63, 3.8) is 0 Å². The first kappa shape index (κ1) is 23.9. The van der Waals surface area contributed by atoms with E-state index >= 15 is 0 Å². The van der Waals surface area contributed by atoms with Gasteiger partial charge in [-0.25, -0.2) is 4.68 Å². The monoisotopic (exact) mass is 469 g/mol. The van der Waals surface area contributed by atoms with Gasteiger partial charge >= 0.3 is 5.97 Å². The molecule has 0 aliphatic heterocycles. The summed E-state index contributed by atoms with van der Waals surface area (Å²) >= 11 is 0. The van der Waals surface area contributed by atoms with E-state index in [-0.39, 0.29) is 30.4 Å². The van der Waals surface area contributed by atoms with Crippen LogP contribution in [-0.4, -0.2) is 34.8 Å². The lowest BCUT2D eigenvalue weighted by molar-refractivity contribution is -0.147. The maximum atomic E-state index is 12.4. The van der Waals surface area contributed by atoms with Gasteiger partial charge in [0, 0.05) is 24.9 Å². The number of esters is 1. The van der Waals surface area contributed by atoms with Gasteiger partial charge in [0.15, 0.2) is 6.61 Å². The Kier molecular flexibility index (Phi) is 7.67. The number of fused-ring (bicyclic) bond motifs is 1. The second-order valence-corrected chi connectivity index (χ2v) is 8.27. The third-order valence-electron chi connectivity index (χ3n) is 5.87. The Morgan fingerprint density at radius 2 is 1.46 bits per heavy atom. The zero-order valence-corrected chi connectivity index (χ0v) is 19.5. The fourth-order valence-electron chi connectivity index (χ4n) is 4.14. The van der Waals surface area contributed by atoms with Gasteiger partial charge in [-0.2, -0.15) is 5.10 Å². The SMILES string of the molecule is Cn1nc(CC(=O)OCC(=O)NCCC(c2ccccc2)c2ccccc2)c2ccccc2c1=O. The van der Waals surface area contributed by atoms with Crippen LogP contribution in [-0.2, 0) is 27.8 Å². The number of carbonyl (C=O) groups excluding carboxylic acids is 2. The Bertz CT molecular complexity index is 1330. The number of hydrogen-bond acceptors (Lipinski definition) is 5. The Morgan fingerprint density at radius 3 is 2.09 bits per heavy atom. The Hall–Kier alpha value is -4.26. The maximum Gasteiger partial charge on any atom is 0.312 e. The molecule has 3 aromatic carbocycles. The second kappa shape index (κ2) is 11.2. The number of amides is 1. The fourth-order valence-corrected chi connectivity index (χ4v) is 4.14. The molecular formula is C28H27N3O4. The molecule has 1 heterocycles. The number of nitrogens with one attached hydrogen (secondary N) is 1. The van der Waals surface area contributed by atoms with Gasteiger partial charge in [-0.15, -0.1) is 0 Å². The van der Waals surface area contributed by atoms with Crippen LogP contribution in [0.2, 0.25) is 0 Å². The molecule has 4 rings (SSSR count). The molecule has 0 atom stereocenters. The molecule has 4 aromatic rings. The summed E-state index contributed by atoms with van der Waals surface area (Å²) in [5.74, 6) is -0.802. The molecule has 0 aliphatic rings. The first-order chi connectivity index (χ1) is 17.0. The highest BCUT2D eigenvalue weighted by molar-refractivity contribution is 5.87.